The van der Waals surface area contributed by atoms with Crippen LogP contribution in [0.5, 0.6) is 5.75 Å². The predicted molar refractivity (Wildman–Crippen MR) is 97.7 cm³/mol. The summed E-state index contributed by atoms with van der Waals surface area (Å²) in [6.07, 6.45) is 1.91. The molecule has 112 valence electrons. The van der Waals surface area contributed by atoms with Crippen molar-refractivity contribution in [2.45, 2.75) is 6.92 Å². The number of benzene rings is 1. The minimum atomic E-state index is -0.104. The molecule has 22 heavy (non-hydrogen) atoms. The molecular weight excluding hydrogens is 334 g/mol. The average Bonchev–Trinajstić information content (AvgIpc) is 3.04. The number of rotatable bonds is 3. The third kappa shape index (κ3) is 2.69. The summed E-state index contributed by atoms with van der Waals surface area (Å²) in [6, 6.07) is 9.43. The van der Waals surface area contributed by atoms with Crippen LogP contribution in [0.3, 0.4) is 0 Å². The number of methoxy groups -OCH3 is 1. The SMILES string of the molecule is COc1ccccc1N1C(=O)/C(=C\c2sccc2C)SC1=S. The number of thiophene rings is 1. The van der Waals surface area contributed by atoms with Gasteiger partial charge in [-0.2, -0.15) is 0 Å². The highest BCUT2D eigenvalue weighted by atomic mass is 32.2. The summed E-state index contributed by atoms with van der Waals surface area (Å²) >= 11 is 8.33. The van der Waals surface area contributed by atoms with Crippen LogP contribution in [-0.4, -0.2) is 17.3 Å². The lowest BCUT2D eigenvalue weighted by atomic mass is 10.2. The molecule has 1 fully saturated rings. The highest BCUT2D eigenvalue weighted by Crippen LogP contribution is 2.40. The molecule has 0 radical (unpaired) electrons. The Morgan fingerprint density at radius 2 is 2.05 bits per heavy atom. The maximum atomic E-state index is 12.7. The Morgan fingerprint density at radius 1 is 1.27 bits per heavy atom. The van der Waals surface area contributed by atoms with Crippen molar-refractivity contribution in [2.75, 3.05) is 12.0 Å². The van der Waals surface area contributed by atoms with E-state index in [4.69, 9.17) is 17.0 Å². The molecule has 1 amide bonds. The Hall–Kier alpha value is -1.63. The van der Waals surface area contributed by atoms with Crippen molar-refractivity contribution in [3.8, 4) is 5.75 Å². The first-order chi connectivity index (χ1) is 10.6. The van der Waals surface area contributed by atoms with Gasteiger partial charge in [0.2, 0.25) is 0 Å². The fraction of sp³-hybridized carbons (Fsp3) is 0.125. The number of hydrogen-bond donors (Lipinski definition) is 0. The zero-order chi connectivity index (χ0) is 15.7. The number of para-hydroxylation sites is 2. The van der Waals surface area contributed by atoms with Gasteiger partial charge >= 0.3 is 0 Å². The fourth-order valence-corrected chi connectivity index (χ4v) is 4.34. The summed E-state index contributed by atoms with van der Waals surface area (Å²) < 4.78 is 5.86. The highest BCUT2D eigenvalue weighted by Gasteiger charge is 2.34. The number of carbonyl (C=O) groups is 1. The average molecular weight is 347 g/mol. The standard InChI is InChI=1S/C16H13NO2S3/c1-10-7-8-21-13(10)9-14-15(18)17(16(20)22-14)11-5-3-4-6-12(11)19-2/h3-9H,1-2H3/b14-9+. The van der Waals surface area contributed by atoms with Crippen LogP contribution in [0.15, 0.2) is 40.6 Å². The van der Waals surface area contributed by atoms with Crippen molar-refractivity contribution < 1.29 is 9.53 Å². The number of hydrogen-bond acceptors (Lipinski definition) is 5. The van der Waals surface area contributed by atoms with Crippen LogP contribution in [-0.2, 0) is 4.79 Å². The Morgan fingerprint density at radius 3 is 2.73 bits per heavy atom. The molecular formula is C16H13NO2S3. The van der Waals surface area contributed by atoms with Crippen LogP contribution in [0.25, 0.3) is 6.08 Å². The van der Waals surface area contributed by atoms with Gasteiger partial charge in [0.1, 0.15) is 5.75 Å². The van der Waals surface area contributed by atoms with Gasteiger partial charge in [-0.05, 0) is 42.1 Å². The van der Waals surface area contributed by atoms with Gasteiger partial charge in [-0.1, -0.05) is 36.1 Å². The number of aryl methyl sites for hydroxylation is 1. The Bertz CT molecular complexity index is 779. The van der Waals surface area contributed by atoms with Gasteiger partial charge in [-0.25, -0.2) is 0 Å². The summed E-state index contributed by atoms with van der Waals surface area (Å²) in [6.45, 7) is 2.03. The van der Waals surface area contributed by atoms with Crippen molar-refractivity contribution in [1.82, 2.24) is 0 Å². The number of amides is 1. The van der Waals surface area contributed by atoms with Crippen molar-refractivity contribution in [3.05, 3.63) is 51.1 Å². The third-order valence-electron chi connectivity index (χ3n) is 3.28. The van der Waals surface area contributed by atoms with Crippen LogP contribution in [0, 0.1) is 6.92 Å². The van der Waals surface area contributed by atoms with E-state index in [0.29, 0.717) is 20.7 Å². The Labute approximate surface area is 142 Å². The number of thiocarbonyl (C=S) groups is 1. The number of thioether (sulfide) groups is 1. The summed E-state index contributed by atoms with van der Waals surface area (Å²) in [5.41, 5.74) is 1.84. The minimum absolute atomic E-state index is 0.104. The first-order valence-corrected chi connectivity index (χ1v) is 8.67. The normalized spacial score (nSPS) is 16.6. The van der Waals surface area contributed by atoms with E-state index >= 15 is 0 Å². The molecule has 1 aliphatic rings. The first-order valence-electron chi connectivity index (χ1n) is 6.57. The van der Waals surface area contributed by atoms with Crippen LogP contribution in [0.1, 0.15) is 10.4 Å². The van der Waals surface area contributed by atoms with E-state index in [2.05, 4.69) is 0 Å². The van der Waals surface area contributed by atoms with Gasteiger partial charge in [0, 0.05) is 4.88 Å². The smallest absolute Gasteiger partial charge is 0.270 e. The van der Waals surface area contributed by atoms with Gasteiger partial charge in [-0.3, -0.25) is 9.69 Å². The van der Waals surface area contributed by atoms with Gasteiger partial charge < -0.3 is 4.74 Å². The Balaban J connectivity index is 1.99. The lowest BCUT2D eigenvalue weighted by Crippen LogP contribution is -2.27. The van der Waals surface area contributed by atoms with E-state index in [9.17, 15) is 4.79 Å². The van der Waals surface area contributed by atoms with Crippen molar-refractivity contribution in [3.63, 3.8) is 0 Å². The van der Waals surface area contributed by atoms with Crippen molar-refractivity contribution in [1.29, 1.82) is 0 Å². The van der Waals surface area contributed by atoms with Gasteiger partial charge in [-0.15, -0.1) is 11.3 Å². The van der Waals surface area contributed by atoms with E-state index in [1.54, 1.807) is 18.4 Å². The van der Waals surface area contributed by atoms with E-state index in [1.807, 2.05) is 48.7 Å². The van der Waals surface area contributed by atoms with Crippen LogP contribution < -0.4 is 9.64 Å². The molecule has 0 N–H and O–H groups in total. The van der Waals surface area contributed by atoms with Crippen LogP contribution in [0.4, 0.5) is 5.69 Å². The van der Waals surface area contributed by atoms with Crippen LogP contribution in [0.2, 0.25) is 0 Å². The molecule has 1 saturated heterocycles. The number of anilines is 1. The predicted octanol–water partition coefficient (Wildman–Crippen LogP) is 4.47. The largest absolute Gasteiger partial charge is 0.495 e. The lowest BCUT2D eigenvalue weighted by Gasteiger charge is -2.17. The molecule has 0 aliphatic carbocycles. The summed E-state index contributed by atoms with van der Waals surface area (Å²) in [4.78, 5) is 16.0. The van der Waals surface area contributed by atoms with Gasteiger partial charge in [0.15, 0.2) is 4.32 Å². The molecule has 1 aromatic carbocycles. The monoisotopic (exact) mass is 347 g/mol. The summed E-state index contributed by atoms with van der Waals surface area (Å²) in [5.74, 6) is 0.527. The second-order valence-corrected chi connectivity index (χ2v) is 7.28. The third-order valence-corrected chi connectivity index (χ3v) is 5.55. The maximum absolute atomic E-state index is 12.7. The molecule has 3 nitrogen and oxygen atoms in total. The number of ether oxygens (including phenoxy) is 1. The minimum Gasteiger partial charge on any atom is -0.495 e. The topological polar surface area (TPSA) is 29.5 Å². The highest BCUT2D eigenvalue weighted by molar-refractivity contribution is 8.27. The molecule has 0 unspecified atom stereocenters. The Kier molecular flexibility index (Phi) is 4.33. The molecule has 6 heteroatoms. The van der Waals surface area contributed by atoms with E-state index in [0.717, 1.165) is 10.4 Å². The van der Waals surface area contributed by atoms with E-state index in [-0.39, 0.29) is 5.91 Å². The maximum Gasteiger partial charge on any atom is 0.270 e. The zero-order valence-corrected chi connectivity index (χ0v) is 14.5. The number of nitrogens with zero attached hydrogens (tertiary/aromatic N) is 1. The van der Waals surface area contributed by atoms with Gasteiger partial charge in [0.25, 0.3) is 5.91 Å². The molecule has 0 spiro atoms. The van der Waals surface area contributed by atoms with Crippen LogP contribution >= 0.6 is 35.3 Å². The fourth-order valence-electron chi connectivity index (χ4n) is 2.14. The van der Waals surface area contributed by atoms with E-state index in [1.165, 1.54) is 16.7 Å². The first kappa shape index (κ1) is 15.3. The summed E-state index contributed by atoms with van der Waals surface area (Å²) in [5, 5.41) is 2.02. The second-order valence-electron chi connectivity index (χ2n) is 4.66. The molecule has 0 saturated carbocycles. The second kappa shape index (κ2) is 6.24. The zero-order valence-electron chi connectivity index (χ0n) is 12.0. The molecule has 0 bridgehead atoms. The molecule has 3 rings (SSSR count). The molecule has 0 atom stereocenters. The molecule has 1 aromatic heterocycles. The molecule has 2 heterocycles. The molecule has 1 aliphatic heterocycles. The quantitative estimate of drug-likeness (QED) is 0.605. The lowest BCUT2D eigenvalue weighted by molar-refractivity contribution is -0.113. The van der Waals surface area contributed by atoms with E-state index < -0.39 is 0 Å². The molecule has 2 aromatic rings. The van der Waals surface area contributed by atoms with Gasteiger partial charge in [0.05, 0.1) is 17.7 Å². The summed E-state index contributed by atoms with van der Waals surface area (Å²) in [7, 11) is 1.58. The van der Waals surface area contributed by atoms with Crippen molar-refractivity contribution in [2.24, 2.45) is 0 Å². The van der Waals surface area contributed by atoms with Crippen molar-refractivity contribution >= 4 is 57.3 Å². The number of carbonyl (C=O) groups excluding carboxylic acids is 1.